The SMILES string of the molecule is Cc1cccc(OCCN(C)C(=O)c2ccccc2S(C)(=O)=O)c1. The number of ether oxygens (including phenoxy) is 1. The molecule has 24 heavy (non-hydrogen) atoms. The van der Waals surface area contributed by atoms with E-state index in [1.165, 1.54) is 17.0 Å². The quantitative estimate of drug-likeness (QED) is 0.806. The molecule has 6 heteroatoms. The second-order valence-electron chi connectivity index (χ2n) is 5.66. The summed E-state index contributed by atoms with van der Waals surface area (Å²) in [6.45, 7) is 2.65. The van der Waals surface area contributed by atoms with Crippen molar-refractivity contribution in [1.29, 1.82) is 0 Å². The summed E-state index contributed by atoms with van der Waals surface area (Å²) in [5.41, 5.74) is 1.28. The molecule has 0 N–H and O–H groups in total. The number of amides is 1. The lowest BCUT2D eigenvalue weighted by molar-refractivity contribution is 0.0770. The van der Waals surface area contributed by atoms with E-state index in [4.69, 9.17) is 4.74 Å². The number of benzene rings is 2. The molecule has 0 saturated heterocycles. The number of carbonyl (C=O) groups is 1. The Morgan fingerprint density at radius 1 is 1.12 bits per heavy atom. The van der Waals surface area contributed by atoms with Crippen LogP contribution >= 0.6 is 0 Å². The van der Waals surface area contributed by atoms with Crippen LogP contribution in [0.4, 0.5) is 0 Å². The van der Waals surface area contributed by atoms with Gasteiger partial charge in [0.1, 0.15) is 12.4 Å². The van der Waals surface area contributed by atoms with Crippen LogP contribution in [-0.4, -0.2) is 45.7 Å². The van der Waals surface area contributed by atoms with Crippen molar-refractivity contribution in [2.75, 3.05) is 26.5 Å². The van der Waals surface area contributed by atoms with Crippen LogP contribution in [0, 0.1) is 6.92 Å². The number of sulfone groups is 1. The molecule has 1 amide bonds. The van der Waals surface area contributed by atoms with Gasteiger partial charge in [-0.05, 0) is 36.8 Å². The summed E-state index contributed by atoms with van der Waals surface area (Å²) in [7, 11) is -1.83. The molecule has 128 valence electrons. The lowest BCUT2D eigenvalue weighted by atomic mass is 10.2. The molecule has 0 heterocycles. The average molecular weight is 347 g/mol. The smallest absolute Gasteiger partial charge is 0.255 e. The standard InChI is InChI=1S/C18H21NO4S/c1-14-7-6-8-15(13-14)23-12-11-19(2)18(20)16-9-4-5-10-17(16)24(3,21)22/h4-10,13H,11-12H2,1-3H3. The van der Waals surface area contributed by atoms with Gasteiger partial charge in [-0.3, -0.25) is 4.79 Å². The molecule has 0 aromatic heterocycles. The number of rotatable bonds is 6. The summed E-state index contributed by atoms with van der Waals surface area (Å²) in [5.74, 6) is 0.399. The van der Waals surface area contributed by atoms with E-state index in [1.807, 2.05) is 31.2 Å². The molecule has 0 saturated carbocycles. The first kappa shape index (κ1) is 18.0. The Morgan fingerprint density at radius 3 is 2.50 bits per heavy atom. The Hall–Kier alpha value is -2.34. The Morgan fingerprint density at radius 2 is 1.83 bits per heavy atom. The first-order valence-corrected chi connectivity index (χ1v) is 9.42. The van der Waals surface area contributed by atoms with E-state index in [-0.39, 0.29) is 16.4 Å². The molecule has 0 unspecified atom stereocenters. The lowest BCUT2D eigenvalue weighted by Gasteiger charge is -2.19. The van der Waals surface area contributed by atoms with Crippen molar-refractivity contribution < 1.29 is 17.9 Å². The van der Waals surface area contributed by atoms with Crippen LogP contribution in [-0.2, 0) is 9.84 Å². The van der Waals surface area contributed by atoms with Crippen LogP contribution in [0.1, 0.15) is 15.9 Å². The summed E-state index contributed by atoms with van der Waals surface area (Å²) < 4.78 is 29.3. The molecule has 0 atom stereocenters. The van der Waals surface area contributed by atoms with Crippen LogP contribution < -0.4 is 4.74 Å². The van der Waals surface area contributed by atoms with Gasteiger partial charge >= 0.3 is 0 Å². The van der Waals surface area contributed by atoms with E-state index in [0.29, 0.717) is 13.2 Å². The van der Waals surface area contributed by atoms with E-state index in [1.54, 1.807) is 19.2 Å². The number of aryl methyl sites for hydroxylation is 1. The van der Waals surface area contributed by atoms with Gasteiger partial charge in [-0.15, -0.1) is 0 Å². The molecule has 0 fully saturated rings. The van der Waals surface area contributed by atoms with E-state index in [0.717, 1.165) is 17.6 Å². The minimum absolute atomic E-state index is 0.0430. The fourth-order valence-corrected chi connectivity index (χ4v) is 3.16. The first-order chi connectivity index (χ1) is 11.3. The van der Waals surface area contributed by atoms with Crippen LogP contribution in [0.15, 0.2) is 53.4 Å². The summed E-state index contributed by atoms with van der Waals surface area (Å²) >= 11 is 0. The number of hydrogen-bond donors (Lipinski definition) is 0. The highest BCUT2D eigenvalue weighted by Crippen LogP contribution is 2.17. The molecular weight excluding hydrogens is 326 g/mol. The van der Waals surface area contributed by atoms with Gasteiger partial charge in [0.15, 0.2) is 9.84 Å². The third-order valence-electron chi connectivity index (χ3n) is 3.55. The third kappa shape index (κ3) is 4.58. The van der Waals surface area contributed by atoms with Crippen molar-refractivity contribution in [1.82, 2.24) is 4.90 Å². The summed E-state index contributed by atoms with van der Waals surface area (Å²) in [6, 6.07) is 13.9. The molecule has 0 aliphatic heterocycles. The molecule has 0 radical (unpaired) electrons. The molecule has 2 aromatic carbocycles. The van der Waals surface area contributed by atoms with Crippen molar-refractivity contribution in [3.63, 3.8) is 0 Å². The van der Waals surface area contributed by atoms with Gasteiger partial charge in [0, 0.05) is 13.3 Å². The highest BCUT2D eigenvalue weighted by molar-refractivity contribution is 7.90. The largest absolute Gasteiger partial charge is 0.492 e. The van der Waals surface area contributed by atoms with E-state index in [2.05, 4.69) is 0 Å². The summed E-state index contributed by atoms with van der Waals surface area (Å²) in [6.07, 6.45) is 1.10. The topological polar surface area (TPSA) is 63.7 Å². The monoisotopic (exact) mass is 347 g/mol. The zero-order valence-corrected chi connectivity index (χ0v) is 14.8. The molecule has 0 aliphatic carbocycles. The Labute approximate surface area is 142 Å². The number of carbonyl (C=O) groups excluding carboxylic acids is 1. The molecule has 5 nitrogen and oxygen atoms in total. The van der Waals surface area contributed by atoms with E-state index < -0.39 is 9.84 Å². The summed E-state index contributed by atoms with van der Waals surface area (Å²) in [4.78, 5) is 14.0. The van der Waals surface area contributed by atoms with E-state index >= 15 is 0 Å². The second kappa shape index (κ2) is 7.49. The predicted molar refractivity (Wildman–Crippen MR) is 93.2 cm³/mol. The maximum absolute atomic E-state index is 12.5. The molecule has 0 spiro atoms. The van der Waals surface area contributed by atoms with Crippen molar-refractivity contribution in [2.45, 2.75) is 11.8 Å². The van der Waals surface area contributed by atoms with Gasteiger partial charge < -0.3 is 9.64 Å². The fourth-order valence-electron chi connectivity index (χ4n) is 2.28. The predicted octanol–water partition coefficient (Wildman–Crippen LogP) is 2.55. The first-order valence-electron chi connectivity index (χ1n) is 7.53. The second-order valence-corrected chi connectivity index (χ2v) is 7.64. The Balaban J connectivity index is 2.03. The van der Waals surface area contributed by atoms with Crippen molar-refractivity contribution >= 4 is 15.7 Å². The number of nitrogens with zero attached hydrogens (tertiary/aromatic N) is 1. The van der Waals surface area contributed by atoms with Gasteiger partial charge in [-0.1, -0.05) is 24.3 Å². The zero-order valence-electron chi connectivity index (χ0n) is 14.0. The van der Waals surface area contributed by atoms with Crippen LogP contribution in [0.3, 0.4) is 0 Å². The number of likely N-dealkylation sites (N-methyl/N-ethyl adjacent to an activating group) is 1. The van der Waals surface area contributed by atoms with Gasteiger partial charge in [0.2, 0.25) is 0 Å². The molecule has 0 bridgehead atoms. The molecule has 2 rings (SSSR count). The number of hydrogen-bond acceptors (Lipinski definition) is 4. The van der Waals surface area contributed by atoms with Crippen LogP contribution in [0.2, 0.25) is 0 Å². The molecule has 0 aliphatic rings. The van der Waals surface area contributed by atoms with Gasteiger partial charge in [0.25, 0.3) is 5.91 Å². The maximum atomic E-state index is 12.5. The van der Waals surface area contributed by atoms with Crippen molar-refractivity contribution in [3.8, 4) is 5.75 Å². The normalized spacial score (nSPS) is 11.1. The van der Waals surface area contributed by atoms with Gasteiger partial charge in [-0.2, -0.15) is 0 Å². The van der Waals surface area contributed by atoms with Gasteiger partial charge in [-0.25, -0.2) is 8.42 Å². The fraction of sp³-hybridized carbons (Fsp3) is 0.278. The average Bonchev–Trinajstić information content (AvgIpc) is 2.53. The van der Waals surface area contributed by atoms with E-state index in [9.17, 15) is 13.2 Å². The lowest BCUT2D eigenvalue weighted by Crippen LogP contribution is -2.31. The van der Waals surface area contributed by atoms with Crippen molar-refractivity contribution in [3.05, 3.63) is 59.7 Å². The molecular formula is C18H21NO4S. The van der Waals surface area contributed by atoms with Crippen molar-refractivity contribution in [2.24, 2.45) is 0 Å². The zero-order chi connectivity index (χ0) is 17.7. The molecule has 2 aromatic rings. The van der Waals surface area contributed by atoms with Crippen LogP contribution in [0.5, 0.6) is 5.75 Å². The highest BCUT2D eigenvalue weighted by atomic mass is 32.2. The van der Waals surface area contributed by atoms with Crippen LogP contribution in [0.25, 0.3) is 0 Å². The Kier molecular flexibility index (Phi) is 5.62. The minimum Gasteiger partial charge on any atom is -0.492 e. The Bertz CT molecular complexity index is 830. The maximum Gasteiger partial charge on any atom is 0.255 e. The highest BCUT2D eigenvalue weighted by Gasteiger charge is 2.20. The third-order valence-corrected chi connectivity index (χ3v) is 4.70. The minimum atomic E-state index is -3.46. The summed E-state index contributed by atoms with van der Waals surface area (Å²) in [5, 5.41) is 0. The van der Waals surface area contributed by atoms with Gasteiger partial charge in [0.05, 0.1) is 17.0 Å².